The number of hydrogen-bond donors (Lipinski definition) is 0. The van der Waals surface area contributed by atoms with E-state index in [4.69, 9.17) is 4.74 Å². The third kappa shape index (κ3) is 4.51. The topological polar surface area (TPSA) is 55.3 Å². The first kappa shape index (κ1) is 19.3. The molecule has 0 aliphatic carbocycles. The highest BCUT2D eigenvalue weighted by Gasteiger charge is 2.44. The minimum Gasteiger partial charge on any atom is -0.444 e. The average Bonchev–Trinajstić information content (AvgIpc) is 2.41. The molecule has 0 fully saturated rings. The Morgan fingerprint density at radius 2 is 1.64 bits per heavy atom. The van der Waals surface area contributed by atoms with Crippen molar-refractivity contribution in [3.63, 3.8) is 0 Å². The first-order valence-corrected chi connectivity index (χ1v) is 7.20. The molecule has 0 atom stereocenters. The van der Waals surface area contributed by atoms with E-state index in [0.29, 0.717) is 0 Å². The van der Waals surface area contributed by atoms with E-state index in [1.165, 1.54) is 0 Å². The summed E-state index contributed by atoms with van der Waals surface area (Å²) in [6, 6.07) is 0. The molecule has 1 amide bonds. The van der Waals surface area contributed by atoms with Gasteiger partial charge in [0, 0.05) is 12.1 Å². The Labute approximate surface area is 139 Å². The van der Waals surface area contributed by atoms with E-state index in [2.05, 4.69) is 9.97 Å². The SMILES string of the molecule is CC(C)(C)OC(=O)N1CCc2c(nc(C(F)(F)F)nc2C(F)(F)F)C1. The van der Waals surface area contributed by atoms with Gasteiger partial charge in [0.1, 0.15) is 5.60 Å². The minimum absolute atomic E-state index is 0.139. The number of carbonyl (C=O) groups is 1. The average molecular weight is 371 g/mol. The molecular formula is C14H15F6N3O2. The molecule has 0 bridgehead atoms. The van der Waals surface area contributed by atoms with Crippen molar-refractivity contribution in [2.45, 2.75) is 51.7 Å². The highest BCUT2D eigenvalue weighted by atomic mass is 19.4. The van der Waals surface area contributed by atoms with Gasteiger partial charge >= 0.3 is 18.4 Å². The molecule has 0 N–H and O–H groups in total. The lowest BCUT2D eigenvalue weighted by molar-refractivity contribution is -0.153. The molecule has 2 rings (SSSR count). The van der Waals surface area contributed by atoms with Crippen LogP contribution >= 0.6 is 0 Å². The van der Waals surface area contributed by atoms with Gasteiger partial charge in [-0.3, -0.25) is 0 Å². The quantitative estimate of drug-likeness (QED) is 0.651. The van der Waals surface area contributed by atoms with Crippen LogP contribution in [0.2, 0.25) is 0 Å². The molecule has 1 aliphatic rings. The molecule has 0 saturated carbocycles. The zero-order valence-electron chi connectivity index (χ0n) is 13.5. The number of nitrogens with zero attached hydrogens (tertiary/aromatic N) is 3. The fourth-order valence-corrected chi connectivity index (χ4v) is 2.27. The summed E-state index contributed by atoms with van der Waals surface area (Å²) in [5.41, 5.74) is -3.38. The van der Waals surface area contributed by atoms with Crippen LogP contribution in [0.4, 0.5) is 31.1 Å². The number of rotatable bonds is 0. The summed E-state index contributed by atoms with van der Waals surface area (Å²) in [7, 11) is 0. The number of hydrogen-bond acceptors (Lipinski definition) is 4. The summed E-state index contributed by atoms with van der Waals surface area (Å²) in [6.07, 6.45) is -11.3. The van der Waals surface area contributed by atoms with Gasteiger partial charge in [0.15, 0.2) is 5.69 Å². The Morgan fingerprint density at radius 1 is 1.04 bits per heavy atom. The predicted octanol–water partition coefficient (Wildman–Crippen LogP) is 3.81. The van der Waals surface area contributed by atoms with E-state index in [9.17, 15) is 31.1 Å². The first-order chi connectivity index (χ1) is 11.2. The molecule has 0 spiro atoms. The lowest BCUT2D eigenvalue weighted by atomic mass is 10.0. The molecule has 2 heterocycles. The monoisotopic (exact) mass is 371 g/mol. The Bertz CT molecular complexity index is 679. The highest BCUT2D eigenvalue weighted by Crippen LogP contribution is 2.36. The lowest BCUT2D eigenvalue weighted by Crippen LogP contribution is -2.41. The molecule has 0 saturated heterocycles. The number of alkyl halides is 6. The molecule has 25 heavy (non-hydrogen) atoms. The fourth-order valence-electron chi connectivity index (χ4n) is 2.27. The molecule has 1 aromatic heterocycles. The summed E-state index contributed by atoms with van der Waals surface area (Å²) in [4.78, 5) is 18.9. The molecule has 0 radical (unpaired) electrons. The molecule has 1 aromatic rings. The van der Waals surface area contributed by atoms with Crippen LogP contribution in [0.15, 0.2) is 0 Å². The molecular weight excluding hydrogens is 356 g/mol. The third-order valence-electron chi connectivity index (χ3n) is 3.24. The predicted molar refractivity (Wildman–Crippen MR) is 72.4 cm³/mol. The molecule has 11 heteroatoms. The second kappa shape index (κ2) is 6.03. The fraction of sp³-hybridized carbons (Fsp3) is 0.643. The number of halogens is 6. The maximum absolute atomic E-state index is 13.1. The van der Waals surface area contributed by atoms with E-state index < -0.39 is 53.4 Å². The van der Waals surface area contributed by atoms with Crippen LogP contribution in [-0.2, 0) is 30.1 Å². The van der Waals surface area contributed by atoms with Crippen LogP contribution in [0.1, 0.15) is 43.5 Å². The number of ether oxygens (including phenoxy) is 1. The Balaban J connectivity index is 2.42. The van der Waals surface area contributed by atoms with Gasteiger partial charge in [-0.15, -0.1) is 0 Å². The summed E-state index contributed by atoms with van der Waals surface area (Å²) in [5, 5.41) is 0. The van der Waals surface area contributed by atoms with Crippen LogP contribution in [0.25, 0.3) is 0 Å². The zero-order valence-corrected chi connectivity index (χ0v) is 13.5. The van der Waals surface area contributed by atoms with Crippen molar-refractivity contribution in [3.05, 3.63) is 22.8 Å². The lowest BCUT2D eigenvalue weighted by Gasteiger charge is -2.31. The van der Waals surface area contributed by atoms with Gasteiger partial charge in [-0.05, 0) is 27.2 Å². The number of fused-ring (bicyclic) bond motifs is 1. The van der Waals surface area contributed by atoms with Gasteiger partial charge in [-0.1, -0.05) is 0 Å². The standard InChI is InChI=1S/C14H15F6N3O2/c1-12(2,3)25-11(24)23-5-4-7-8(6-23)21-10(14(18,19)20)22-9(7)13(15,16)17/h4-6H2,1-3H3. The van der Waals surface area contributed by atoms with Crippen molar-refractivity contribution < 1.29 is 35.9 Å². The van der Waals surface area contributed by atoms with Gasteiger partial charge in [-0.25, -0.2) is 14.8 Å². The first-order valence-electron chi connectivity index (χ1n) is 7.20. The minimum atomic E-state index is -5.14. The normalized spacial score (nSPS) is 15.8. The molecule has 0 unspecified atom stereocenters. The Hall–Kier alpha value is -2.07. The van der Waals surface area contributed by atoms with Gasteiger partial charge in [0.25, 0.3) is 0 Å². The van der Waals surface area contributed by atoms with Crippen molar-refractivity contribution in [3.8, 4) is 0 Å². The number of aromatic nitrogens is 2. The van der Waals surface area contributed by atoms with Gasteiger partial charge in [0.05, 0.1) is 12.2 Å². The molecule has 0 aromatic carbocycles. The molecule has 140 valence electrons. The van der Waals surface area contributed by atoms with Crippen LogP contribution < -0.4 is 0 Å². The van der Waals surface area contributed by atoms with Crippen molar-refractivity contribution in [1.82, 2.24) is 14.9 Å². The number of carbonyl (C=O) groups excluding carboxylic acids is 1. The third-order valence-corrected chi connectivity index (χ3v) is 3.24. The zero-order chi connectivity index (χ0) is 19.2. The van der Waals surface area contributed by atoms with Crippen molar-refractivity contribution >= 4 is 6.09 Å². The molecule has 5 nitrogen and oxygen atoms in total. The Morgan fingerprint density at radius 3 is 2.12 bits per heavy atom. The summed E-state index contributed by atoms with van der Waals surface area (Å²) < 4.78 is 82.7. The van der Waals surface area contributed by atoms with Gasteiger partial charge in [0.2, 0.25) is 5.82 Å². The second-order valence-electron chi connectivity index (χ2n) is 6.47. The summed E-state index contributed by atoms with van der Waals surface area (Å²) in [5.74, 6) is -1.88. The van der Waals surface area contributed by atoms with E-state index in [0.717, 1.165) is 4.90 Å². The van der Waals surface area contributed by atoms with Gasteiger partial charge < -0.3 is 9.64 Å². The number of amides is 1. The largest absolute Gasteiger partial charge is 0.451 e. The van der Waals surface area contributed by atoms with Crippen molar-refractivity contribution in [2.24, 2.45) is 0 Å². The second-order valence-corrected chi connectivity index (χ2v) is 6.47. The maximum atomic E-state index is 13.1. The van der Waals surface area contributed by atoms with E-state index in [1.54, 1.807) is 20.8 Å². The van der Waals surface area contributed by atoms with E-state index in [1.807, 2.05) is 0 Å². The Kier molecular flexibility index (Phi) is 4.64. The summed E-state index contributed by atoms with van der Waals surface area (Å²) >= 11 is 0. The maximum Gasteiger partial charge on any atom is 0.451 e. The summed E-state index contributed by atoms with van der Waals surface area (Å²) in [6.45, 7) is 4.12. The highest BCUT2D eigenvalue weighted by molar-refractivity contribution is 5.68. The van der Waals surface area contributed by atoms with Crippen molar-refractivity contribution in [1.29, 1.82) is 0 Å². The smallest absolute Gasteiger partial charge is 0.444 e. The molecule has 1 aliphatic heterocycles. The van der Waals surface area contributed by atoms with Crippen molar-refractivity contribution in [2.75, 3.05) is 6.54 Å². The van der Waals surface area contributed by atoms with E-state index in [-0.39, 0.29) is 13.0 Å². The van der Waals surface area contributed by atoms with Crippen LogP contribution in [-0.4, -0.2) is 33.1 Å². The van der Waals surface area contributed by atoms with Crippen LogP contribution in [0.5, 0.6) is 0 Å². The van der Waals surface area contributed by atoms with Crippen LogP contribution in [0.3, 0.4) is 0 Å². The van der Waals surface area contributed by atoms with Crippen LogP contribution in [0, 0.1) is 0 Å². The van der Waals surface area contributed by atoms with Gasteiger partial charge in [-0.2, -0.15) is 26.3 Å². The van der Waals surface area contributed by atoms with E-state index >= 15 is 0 Å².